The minimum absolute atomic E-state index is 0.950. The molecular formula is C15H21N3. The van der Waals surface area contributed by atoms with Crippen molar-refractivity contribution in [3.63, 3.8) is 0 Å². The molecule has 18 heavy (non-hydrogen) atoms. The summed E-state index contributed by atoms with van der Waals surface area (Å²) in [6, 6.07) is 6.61. The first-order valence-corrected chi connectivity index (χ1v) is 6.51. The molecule has 0 spiro atoms. The normalized spacial score (nSPS) is 10.8. The van der Waals surface area contributed by atoms with Crippen molar-refractivity contribution in [3.8, 4) is 0 Å². The average molecular weight is 243 g/mol. The number of hydrogen-bond donors (Lipinski definition) is 2. The zero-order chi connectivity index (χ0) is 12.8. The van der Waals surface area contributed by atoms with E-state index in [1.807, 2.05) is 6.20 Å². The largest absolute Gasteiger partial charge is 0.349 e. The van der Waals surface area contributed by atoms with Crippen molar-refractivity contribution in [1.82, 2.24) is 15.3 Å². The van der Waals surface area contributed by atoms with Crippen LogP contribution in [0.25, 0.3) is 0 Å². The summed E-state index contributed by atoms with van der Waals surface area (Å²) in [7, 11) is 0. The molecule has 2 N–H and O–H groups in total. The lowest BCUT2D eigenvalue weighted by Crippen LogP contribution is -2.16. The summed E-state index contributed by atoms with van der Waals surface area (Å²) < 4.78 is 0. The quantitative estimate of drug-likeness (QED) is 0.766. The van der Waals surface area contributed by atoms with E-state index in [-0.39, 0.29) is 0 Å². The van der Waals surface area contributed by atoms with Gasteiger partial charge in [-0.2, -0.15) is 0 Å². The minimum Gasteiger partial charge on any atom is -0.349 e. The van der Waals surface area contributed by atoms with Gasteiger partial charge in [-0.15, -0.1) is 0 Å². The van der Waals surface area contributed by atoms with Crippen LogP contribution in [0.1, 0.15) is 28.9 Å². The second-order valence-electron chi connectivity index (χ2n) is 4.75. The van der Waals surface area contributed by atoms with Gasteiger partial charge >= 0.3 is 0 Å². The molecular weight excluding hydrogens is 222 g/mol. The zero-order valence-corrected chi connectivity index (χ0v) is 11.2. The molecule has 0 saturated carbocycles. The summed E-state index contributed by atoms with van der Waals surface area (Å²) in [5, 5.41) is 3.49. The molecule has 3 nitrogen and oxygen atoms in total. The maximum Gasteiger partial charge on any atom is 0.106 e. The molecule has 96 valence electrons. The van der Waals surface area contributed by atoms with Gasteiger partial charge < -0.3 is 10.3 Å². The maximum absolute atomic E-state index is 4.21. The fourth-order valence-corrected chi connectivity index (χ4v) is 2.03. The Morgan fingerprint density at radius 1 is 1.28 bits per heavy atom. The number of H-pyrrole nitrogens is 1. The van der Waals surface area contributed by atoms with Gasteiger partial charge in [0.25, 0.3) is 0 Å². The average Bonchev–Trinajstić information content (AvgIpc) is 2.86. The van der Waals surface area contributed by atoms with E-state index in [9.17, 15) is 0 Å². The van der Waals surface area contributed by atoms with Gasteiger partial charge in [-0.25, -0.2) is 4.98 Å². The topological polar surface area (TPSA) is 40.7 Å². The smallest absolute Gasteiger partial charge is 0.106 e. The molecule has 0 atom stereocenters. The molecule has 1 aromatic carbocycles. The summed E-state index contributed by atoms with van der Waals surface area (Å²) in [5.74, 6) is 1.07. The molecule has 3 heteroatoms. The van der Waals surface area contributed by atoms with Crippen molar-refractivity contribution in [1.29, 1.82) is 0 Å². The lowest BCUT2D eigenvalue weighted by Gasteiger charge is -2.08. The van der Waals surface area contributed by atoms with Gasteiger partial charge in [0.2, 0.25) is 0 Å². The molecule has 1 heterocycles. The summed E-state index contributed by atoms with van der Waals surface area (Å²) in [5.41, 5.74) is 4.08. The van der Waals surface area contributed by atoms with Gasteiger partial charge in [-0.3, -0.25) is 0 Å². The lowest BCUT2D eigenvalue weighted by atomic mass is 10.1. The summed E-state index contributed by atoms with van der Waals surface area (Å²) in [6.45, 7) is 6.28. The maximum atomic E-state index is 4.21. The number of nitrogens with zero attached hydrogens (tertiary/aromatic N) is 1. The number of rotatable bonds is 6. The highest BCUT2D eigenvalue weighted by atomic mass is 14.9. The Balaban J connectivity index is 1.70. The van der Waals surface area contributed by atoms with Gasteiger partial charge in [0.1, 0.15) is 5.82 Å². The van der Waals surface area contributed by atoms with Crippen LogP contribution >= 0.6 is 0 Å². The van der Waals surface area contributed by atoms with E-state index in [1.165, 1.54) is 16.7 Å². The zero-order valence-electron chi connectivity index (χ0n) is 11.2. The van der Waals surface area contributed by atoms with Crippen LogP contribution in [0.3, 0.4) is 0 Å². The standard InChI is InChI=1S/C15H21N3/c1-12-5-6-13(2)14(10-12)11-16-7-3-4-15-17-8-9-18-15/h5-6,8-10,16H,3-4,7,11H2,1-2H3,(H,17,18). The number of benzene rings is 1. The monoisotopic (exact) mass is 243 g/mol. The Labute approximate surface area is 109 Å². The van der Waals surface area contributed by atoms with Crippen molar-refractivity contribution >= 4 is 0 Å². The van der Waals surface area contributed by atoms with Crippen LogP contribution in [0, 0.1) is 13.8 Å². The molecule has 0 aliphatic heterocycles. The summed E-state index contributed by atoms with van der Waals surface area (Å²) in [6.07, 6.45) is 5.79. The van der Waals surface area contributed by atoms with E-state index in [1.54, 1.807) is 6.20 Å². The number of aromatic nitrogens is 2. The van der Waals surface area contributed by atoms with E-state index >= 15 is 0 Å². The van der Waals surface area contributed by atoms with Crippen LogP contribution in [0.2, 0.25) is 0 Å². The van der Waals surface area contributed by atoms with Crippen LogP contribution in [-0.4, -0.2) is 16.5 Å². The molecule has 2 rings (SSSR count). The highest BCUT2D eigenvalue weighted by Crippen LogP contribution is 2.10. The molecule has 0 aliphatic rings. The lowest BCUT2D eigenvalue weighted by molar-refractivity contribution is 0.639. The third-order valence-corrected chi connectivity index (χ3v) is 3.14. The van der Waals surface area contributed by atoms with Crippen LogP contribution in [0.15, 0.2) is 30.6 Å². The Bertz CT molecular complexity index is 474. The molecule has 0 radical (unpaired) electrons. The number of aryl methyl sites for hydroxylation is 3. The van der Waals surface area contributed by atoms with Crippen LogP contribution in [-0.2, 0) is 13.0 Å². The highest BCUT2D eigenvalue weighted by molar-refractivity contribution is 5.30. The van der Waals surface area contributed by atoms with Gasteiger partial charge in [-0.1, -0.05) is 23.8 Å². The molecule has 0 aliphatic carbocycles. The van der Waals surface area contributed by atoms with Crippen LogP contribution in [0.4, 0.5) is 0 Å². The van der Waals surface area contributed by atoms with E-state index in [0.717, 1.165) is 31.8 Å². The molecule has 0 bridgehead atoms. The highest BCUT2D eigenvalue weighted by Gasteiger charge is 1.99. The van der Waals surface area contributed by atoms with Crippen molar-refractivity contribution in [3.05, 3.63) is 53.1 Å². The van der Waals surface area contributed by atoms with Gasteiger partial charge in [0, 0.05) is 25.4 Å². The van der Waals surface area contributed by atoms with Crippen molar-refractivity contribution in [2.24, 2.45) is 0 Å². The van der Waals surface area contributed by atoms with E-state index < -0.39 is 0 Å². The molecule has 2 aromatic rings. The third kappa shape index (κ3) is 3.70. The Morgan fingerprint density at radius 2 is 2.17 bits per heavy atom. The van der Waals surface area contributed by atoms with Crippen LogP contribution in [0.5, 0.6) is 0 Å². The van der Waals surface area contributed by atoms with Gasteiger partial charge in [0.05, 0.1) is 0 Å². The molecule has 1 aromatic heterocycles. The fraction of sp³-hybridized carbons (Fsp3) is 0.400. The number of nitrogens with one attached hydrogen (secondary N) is 2. The third-order valence-electron chi connectivity index (χ3n) is 3.14. The number of hydrogen-bond acceptors (Lipinski definition) is 2. The predicted molar refractivity (Wildman–Crippen MR) is 74.5 cm³/mol. The summed E-state index contributed by atoms with van der Waals surface area (Å²) in [4.78, 5) is 7.34. The summed E-state index contributed by atoms with van der Waals surface area (Å²) >= 11 is 0. The van der Waals surface area contributed by atoms with Crippen molar-refractivity contribution in [2.75, 3.05) is 6.54 Å². The second-order valence-corrected chi connectivity index (χ2v) is 4.75. The van der Waals surface area contributed by atoms with Crippen LogP contribution < -0.4 is 5.32 Å². The minimum atomic E-state index is 0.950. The molecule has 0 amide bonds. The Morgan fingerprint density at radius 3 is 2.94 bits per heavy atom. The second kappa shape index (κ2) is 6.36. The predicted octanol–water partition coefficient (Wildman–Crippen LogP) is 2.75. The van der Waals surface area contributed by atoms with E-state index in [4.69, 9.17) is 0 Å². The fourth-order valence-electron chi connectivity index (χ4n) is 2.03. The number of aromatic amines is 1. The SMILES string of the molecule is Cc1ccc(C)c(CNCCCc2ncc[nH]2)c1. The molecule has 0 saturated heterocycles. The first-order chi connectivity index (χ1) is 8.75. The molecule has 0 unspecified atom stereocenters. The van der Waals surface area contributed by atoms with Gasteiger partial charge in [0.15, 0.2) is 0 Å². The van der Waals surface area contributed by atoms with Crippen molar-refractivity contribution < 1.29 is 0 Å². The Hall–Kier alpha value is -1.61. The first kappa shape index (κ1) is 12.8. The first-order valence-electron chi connectivity index (χ1n) is 6.51. The molecule has 0 fully saturated rings. The number of imidazole rings is 1. The Kier molecular flexibility index (Phi) is 4.53. The van der Waals surface area contributed by atoms with Crippen molar-refractivity contribution in [2.45, 2.75) is 33.2 Å². The van der Waals surface area contributed by atoms with E-state index in [2.05, 4.69) is 47.3 Å². The van der Waals surface area contributed by atoms with E-state index in [0.29, 0.717) is 0 Å². The van der Waals surface area contributed by atoms with Gasteiger partial charge in [-0.05, 0) is 37.9 Å².